The van der Waals surface area contributed by atoms with Crippen LogP contribution in [0.25, 0.3) is 5.52 Å². The summed E-state index contributed by atoms with van der Waals surface area (Å²) in [5.74, 6) is 0.900. The third kappa shape index (κ3) is 2.90. The molecule has 1 N–H and O–H groups in total. The second-order valence-corrected chi connectivity index (χ2v) is 7.98. The van der Waals surface area contributed by atoms with E-state index in [1.165, 1.54) is 22.8 Å². The van der Waals surface area contributed by atoms with E-state index in [1.54, 1.807) is 6.33 Å². The molecule has 4 aromatic heterocycles. The zero-order valence-corrected chi connectivity index (χ0v) is 16.3. The molecule has 0 aromatic carbocycles. The maximum Gasteiger partial charge on any atom is 0.418 e. The molecule has 6 rings (SSSR count). The zero-order valence-electron chi connectivity index (χ0n) is 16.3. The molecule has 1 saturated carbocycles. The molecule has 2 aliphatic rings. The fourth-order valence-electron chi connectivity index (χ4n) is 4.35. The molecule has 0 unspecified atom stereocenters. The molecular formula is C20H18F3N7O. The minimum Gasteiger partial charge on any atom is -0.408 e. The Hall–Kier alpha value is -3.37. The van der Waals surface area contributed by atoms with Crippen LogP contribution in [0, 0.1) is 0 Å². The monoisotopic (exact) mass is 429 g/mol. The van der Waals surface area contributed by atoms with Gasteiger partial charge in [0.1, 0.15) is 6.04 Å². The van der Waals surface area contributed by atoms with Gasteiger partial charge >= 0.3 is 12.2 Å². The summed E-state index contributed by atoms with van der Waals surface area (Å²) in [6.07, 6.45) is 2.50. The topological polar surface area (TPSA) is 88.1 Å². The fourth-order valence-corrected chi connectivity index (χ4v) is 4.35. The number of hydrogen-bond acceptors (Lipinski definition) is 6. The highest BCUT2D eigenvalue weighted by Gasteiger charge is 2.38. The number of alkyl halides is 3. The lowest BCUT2D eigenvalue weighted by Gasteiger charge is -2.32. The van der Waals surface area contributed by atoms with E-state index in [0.717, 1.165) is 31.0 Å². The molecule has 0 radical (unpaired) electrons. The summed E-state index contributed by atoms with van der Waals surface area (Å²) in [5.41, 5.74) is 1.32. The fraction of sp³-hybridized carbons (Fsp3) is 0.400. The molecule has 0 saturated heterocycles. The predicted molar refractivity (Wildman–Crippen MR) is 103 cm³/mol. The summed E-state index contributed by atoms with van der Waals surface area (Å²) in [7, 11) is 0. The van der Waals surface area contributed by atoms with E-state index < -0.39 is 17.8 Å². The zero-order chi connectivity index (χ0) is 21.2. The number of rotatable bonds is 3. The van der Waals surface area contributed by atoms with E-state index in [1.807, 2.05) is 4.90 Å². The van der Waals surface area contributed by atoms with Crippen LogP contribution in [-0.2, 0) is 12.6 Å². The Labute approximate surface area is 174 Å². The van der Waals surface area contributed by atoms with Crippen LogP contribution in [-0.4, -0.2) is 36.3 Å². The Morgan fingerprint density at radius 2 is 2.06 bits per heavy atom. The van der Waals surface area contributed by atoms with Gasteiger partial charge in [0.05, 0.1) is 28.8 Å². The standard InChI is InChI=1S/C20H18F3N7O/c21-20(22,23)12-5-2-7-30-15(12)9-14(28-30)17-16-13(24-10-25-16)6-8-29(17)19-27-26-18(31-19)11-3-1-4-11/h2,5,7,9-11,17H,1,3-4,6,8H2,(H,24,25)/t17-/m1/s1. The van der Waals surface area contributed by atoms with E-state index in [-0.39, 0.29) is 11.4 Å². The van der Waals surface area contributed by atoms with Crippen LogP contribution in [0.4, 0.5) is 19.2 Å². The normalized spacial score (nSPS) is 19.6. The van der Waals surface area contributed by atoms with Crippen LogP contribution in [0.5, 0.6) is 0 Å². The number of H-pyrrole nitrogens is 1. The summed E-state index contributed by atoms with van der Waals surface area (Å²) in [4.78, 5) is 9.45. The summed E-state index contributed by atoms with van der Waals surface area (Å²) in [6.45, 7) is 0.548. The smallest absolute Gasteiger partial charge is 0.408 e. The van der Waals surface area contributed by atoms with Crippen LogP contribution >= 0.6 is 0 Å². The Balaban J connectivity index is 1.46. The van der Waals surface area contributed by atoms with Crippen molar-refractivity contribution in [3.8, 4) is 0 Å². The molecule has 1 aliphatic carbocycles. The number of hydrogen-bond donors (Lipinski definition) is 1. The van der Waals surface area contributed by atoms with Gasteiger partial charge in [0.25, 0.3) is 0 Å². The van der Waals surface area contributed by atoms with Gasteiger partial charge in [-0.1, -0.05) is 11.5 Å². The van der Waals surface area contributed by atoms with Crippen molar-refractivity contribution in [3.63, 3.8) is 0 Å². The second-order valence-electron chi connectivity index (χ2n) is 7.98. The average molecular weight is 429 g/mol. The number of imidazole rings is 1. The van der Waals surface area contributed by atoms with E-state index in [4.69, 9.17) is 4.42 Å². The number of anilines is 1. The van der Waals surface area contributed by atoms with Crippen molar-refractivity contribution in [1.29, 1.82) is 0 Å². The predicted octanol–water partition coefficient (Wildman–Crippen LogP) is 3.88. The van der Waals surface area contributed by atoms with Crippen LogP contribution in [0.15, 0.2) is 35.1 Å². The molecule has 11 heteroatoms. The molecular weight excluding hydrogens is 411 g/mol. The summed E-state index contributed by atoms with van der Waals surface area (Å²) in [5, 5.41) is 12.9. The van der Waals surface area contributed by atoms with Crippen LogP contribution < -0.4 is 4.90 Å². The SMILES string of the molecule is FC(F)(F)c1cccn2nc([C@@H]3c4nc[nH]c4CCN3c3nnc(C4CCC4)o3)cc12. The third-order valence-electron chi connectivity index (χ3n) is 6.16. The van der Waals surface area contributed by atoms with Gasteiger partial charge < -0.3 is 14.3 Å². The largest absolute Gasteiger partial charge is 0.418 e. The summed E-state index contributed by atoms with van der Waals surface area (Å²) < 4.78 is 47.8. The van der Waals surface area contributed by atoms with Gasteiger partial charge in [0, 0.05) is 30.8 Å². The Morgan fingerprint density at radius 3 is 2.84 bits per heavy atom. The molecule has 8 nitrogen and oxygen atoms in total. The van der Waals surface area contributed by atoms with Crippen molar-refractivity contribution in [3.05, 3.63) is 59.3 Å². The highest BCUT2D eigenvalue weighted by atomic mass is 19.4. The van der Waals surface area contributed by atoms with E-state index >= 15 is 0 Å². The lowest BCUT2D eigenvalue weighted by atomic mass is 9.85. The minimum atomic E-state index is -4.48. The highest BCUT2D eigenvalue weighted by molar-refractivity contribution is 5.58. The van der Waals surface area contributed by atoms with E-state index in [2.05, 4.69) is 25.3 Å². The van der Waals surface area contributed by atoms with Crippen LogP contribution in [0.3, 0.4) is 0 Å². The first-order valence-corrected chi connectivity index (χ1v) is 10.2. The van der Waals surface area contributed by atoms with Gasteiger partial charge in [0.15, 0.2) is 0 Å². The molecule has 31 heavy (non-hydrogen) atoms. The Morgan fingerprint density at radius 1 is 1.19 bits per heavy atom. The lowest BCUT2D eigenvalue weighted by Crippen LogP contribution is -2.37. The molecule has 4 aromatic rings. The maximum absolute atomic E-state index is 13.5. The number of nitrogens with zero attached hydrogens (tertiary/aromatic N) is 6. The molecule has 1 atom stereocenters. The molecule has 160 valence electrons. The van der Waals surface area contributed by atoms with Crippen LogP contribution in [0.2, 0.25) is 0 Å². The van der Waals surface area contributed by atoms with Crippen molar-refractivity contribution < 1.29 is 17.6 Å². The van der Waals surface area contributed by atoms with Gasteiger partial charge in [-0.2, -0.15) is 18.3 Å². The number of aromatic nitrogens is 6. The summed E-state index contributed by atoms with van der Waals surface area (Å²) >= 11 is 0. The molecule has 0 spiro atoms. The molecule has 1 fully saturated rings. The number of aromatic amines is 1. The van der Waals surface area contributed by atoms with Crippen molar-refractivity contribution in [2.24, 2.45) is 0 Å². The van der Waals surface area contributed by atoms with Crippen molar-refractivity contribution in [1.82, 2.24) is 29.8 Å². The number of halogens is 3. The number of fused-ring (bicyclic) bond motifs is 2. The minimum absolute atomic E-state index is 0.00621. The van der Waals surface area contributed by atoms with Crippen molar-refractivity contribution >= 4 is 11.5 Å². The summed E-state index contributed by atoms with van der Waals surface area (Å²) in [6, 6.07) is 3.67. The second kappa shape index (κ2) is 6.56. The maximum atomic E-state index is 13.5. The van der Waals surface area contributed by atoms with Gasteiger partial charge in [-0.25, -0.2) is 9.50 Å². The quantitative estimate of drug-likeness (QED) is 0.532. The van der Waals surface area contributed by atoms with Gasteiger partial charge in [-0.15, -0.1) is 5.10 Å². The molecule has 5 heterocycles. The first-order chi connectivity index (χ1) is 15.0. The molecule has 1 aliphatic heterocycles. The van der Waals surface area contributed by atoms with E-state index in [9.17, 15) is 13.2 Å². The average Bonchev–Trinajstić information content (AvgIpc) is 3.43. The number of nitrogens with one attached hydrogen (secondary N) is 1. The molecule has 0 bridgehead atoms. The van der Waals surface area contributed by atoms with Gasteiger partial charge in [-0.05, 0) is 31.0 Å². The highest BCUT2D eigenvalue weighted by Crippen LogP contribution is 2.40. The Kier molecular flexibility index (Phi) is 3.90. The third-order valence-corrected chi connectivity index (χ3v) is 6.16. The Bertz CT molecular complexity index is 1250. The van der Waals surface area contributed by atoms with Gasteiger partial charge in [-0.3, -0.25) is 0 Å². The first-order valence-electron chi connectivity index (χ1n) is 10.2. The van der Waals surface area contributed by atoms with Crippen molar-refractivity contribution in [2.45, 2.75) is 43.8 Å². The van der Waals surface area contributed by atoms with Crippen molar-refractivity contribution in [2.75, 3.05) is 11.4 Å². The number of pyridine rings is 1. The van der Waals surface area contributed by atoms with Gasteiger partial charge in [0.2, 0.25) is 5.89 Å². The van der Waals surface area contributed by atoms with Crippen LogP contribution in [0.1, 0.15) is 59.8 Å². The first kappa shape index (κ1) is 18.4. The van der Waals surface area contributed by atoms with E-state index in [0.29, 0.717) is 36.3 Å². The molecule has 0 amide bonds. The lowest BCUT2D eigenvalue weighted by molar-refractivity contribution is -0.136.